The van der Waals surface area contributed by atoms with E-state index < -0.39 is 0 Å². The highest BCUT2D eigenvalue weighted by Gasteiger charge is 2.18. The molecule has 1 aliphatic rings. The summed E-state index contributed by atoms with van der Waals surface area (Å²) in [5.41, 5.74) is 1.67. The molecule has 1 unspecified atom stereocenters. The van der Waals surface area contributed by atoms with Gasteiger partial charge in [0.2, 0.25) is 5.91 Å². The molecule has 6 nitrogen and oxygen atoms in total. The number of rotatable bonds is 5. The maximum Gasteiger partial charge on any atom is 0.223 e. The fraction of sp³-hybridized carbons (Fsp3) is 0.333. The van der Waals surface area contributed by atoms with Gasteiger partial charge < -0.3 is 10.6 Å². The lowest BCUT2D eigenvalue weighted by Crippen LogP contribution is -2.31. The SMILES string of the molecule is CNc1cc(CNC(=O)C2CC=CCC2)nc(-c2ccncc2)n1. The van der Waals surface area contributed by atoms with Gasteiger partial charge in [0.1, 0.15) is 5.82 Å². The molecule has 1 aliphatic carbocycles. The standard InChI is InChI=1S/C18H21N5O/c1-19-16-11-15(12-21-18(24)14-5-3-2-4-6-14)22-17(23-16)13-7-9-20-10-8-13/h2-3,7-11,14H,4-6,12H2,1H3,(H,21,24)(H,19,22,23). The molecule has 1 atom stereocenters. The van der Waals surface area contributed by atoms with Crippen molar-refractivity contribution in [3.8, 4) is 11.4 Å². The smallest absolute Gasteiger partial charge is 0.223 e. The van der Waals surface area contributed by atoms with Gasteiger partial charge in [-0.05, 0) is 31.4 Å². The van der Waals surface area contributed by atoms with Crippen LogP contribution < -0.4 is 10.6 Å². The maximum absolute atomic E-state index is 12.3. The quantitative estimate of drug-likeness (QED) is 0.827. The van der Waals surface area contributed by atoms with Gasteiger partial charge in [0.15, 0.2) is 5.82 Å². The van der Waals surface area contributed by atoms with Crippen molar-refractivity contribution in [3.05, 3.63) is 48.4 Å². The lowest BCUT2D eigenvalue weighted by molar-refractivity contribution is -0.125. The Kier molecular flexibility index (Phi) is 5.15. The Bertz CT molecular complexity index is 729. The van der Waals surface area contributed by atoms with Crippen molar-refractivity contribution in [2.45, 2.75) is 25.8 Å². The van der Waals surface area contributed by atoms with Crippen LogP contribution in [0.5, 0.6) is 0 Å². The van der Waals surface area contributed by atoms with E-state index in [-0.39, 0.29) is 11.8 Å². The van der Waals surface area contributed by atoms with Gasteiger partial charge in [-0.2, -0.15) is 0 Å². The summed E-state index contributed by atoms with van der Waals surface area (Å²) in [7, 11) is 1.81. The molecule has 0 radical (unpaired) electrons. The van der Waals surface area contributed by atoms with Gasteiger partial charge in [-0.1, -0.05) is 12.2 Å². The van der Waals surface area contributed by atoms with E-state index in [1.807, 2.05) is 25.2 Å². The van der Waals surface area contributed by atoms with Crippen LogP contribution in [0.1, 0.15) is 25.0 Å². The third-order valence-electron chi connectivity index (χ3n) is 4.06. The molecular formula is C18H21N5O. The lowest BCUT2D eigenvalue weighted by Gasteiger charge is -2.17. The first-order chi connectivity index (χ1) is 11.8. The number of pyridine rings is 1. The molecule has 6 heteroatoms. The van der Waals surface area contributed by atoms with E-state index in [9.17, 15) is 4.79 Å². The Morgan fingerprint density at radius 3 is 2.79 bits per heavy atom. The number of hydrogen-bond donors (Lipinski definition) is 2. The number of carbonyl (C=O) groups excluding carboxylic acids is 1. The van der Waals surface area contributed by atoms with Crippen LogP contribution >= 0.6 is 0 Å². The number of nitrogens with one attached hydrogen (secondary N) is 2. The van der Waals surface area contributed by atoms with Crippen molar-refractivity contribution < 1.29 is 4.79 Å². The number of amides is 1. The first-order valence-electron chi connectivity index (χ1n) is 8.15. The van der Waals surface area contributed by atoms with Crippen LogP contribution in [-0.2, 0) is 11.3 Å². The van der Waals surface area contributed by atoms with E-state index in [4.69, 9.17) is 0 Å². The molecule has 0 aromatic carbocycles. The van der Waals surface area contributed by atoms with E-state index in [1.54, 1.807) is 12.4 Å². The van der Waals surface area contributed by atoms with Gasteiger partial charge in [0, 0.05) is 37.0 Å². The van der Waals surface area contributed by atoms with Crippen LogP contribution in [0.2, 0.25) is 0 Å². The second-order valence-electron chi connectivity index (χ2n) is 5.75. The van der Waals surface area contributed by atoms with Crippen LogP contribution in [0.3, 0.4) is 0 Å². The van der Waals surface area contributed by atoms with Crippen LogP contribution in [0, 0.1) is 5.92 Å². The second-order valence-corrected chi connectivity index (χ2v) is 5.75. The summed E-state index contributed by atoms with van der Waals surface area (Å²) >= 11 is 0. The highest BCUT2D eigenvalue weighted by atomic mass is 16.1. The van der Waals surface area contributed by atoms with E-state index >= 15 is 0 Å². The largest absolute Gasteiger partial charge is 0.373 e. The predicted molar refractivity (Wildman–Crippen MR) is 93.1 cm³/mol. The Labute approximate surface area is 141 Å². The van der Waals surface area contributed by atoms with Gasteiger partial charge in [-0.15, -0.1) is 0 Å². The monoisotopic (exact) mass is 323 g/mol. The average Bonchev–Trinajstić information content (AvgIpc) is 2.67. The van der Waals surface area contributed by atoms with Crippen molar-refractivity contribution in [2.75, 3.05) is 12.4 Å². The third kappa shape index (κ3) is 3.95. The zero-order valence-electron chi connectivity index (χ0n) is 13.7. The normalized spacial score (nSPS) is 16.6. The Hall–Kier alpha value is -2.76. The van der Waals surface area contributed by atoms with Crippen molar-refractivity contribution >= 4 is 11.7 Å². The van der Waals surface area contributed by atoms with E-state index in [2.05, 4.69) is 37.7 Å². The molecule has 0 aliphatic heterocycles. The topological polar surface area (TPSA) is 79.8 Å². The number of anilines is 1. The summed E-state index contributed by atoms with van der Waals surface area (Å²) in [5, 5.41) is 6.04. The number of allylic oxidation sites excluding steroid dienone is 2. The lowest BCUT2D eigenvalue weighted by atomic mass is 9.94. The Morgan fingerprint density at radius 2 is 2.08 bits per heavy atom. The molecule has 24 heavy (non-hydrogen) atoms. The zero-order valence-corrected chi connectivity index (χ0v) is 13.7. The molecule has 124 valence electrons. The molecule has 2 aromatic heterocycles. The van der Waals surface area contributed by atoms with Gasteiger partial charge in [-0.3, -0.25) is 9.78 Å². The maximum atomic E-state index is 12.3. The molecule has 3 rings (SSSR count). The number of nitrogens with zero attached hydrogens (tertiary/aromatic N) is 3. The molecule has 0 saturated heterocycles. The molecular weight excluding hydrogens is 302 g/mol. The van der Waals surface area contributed by atoms with Crippen molar-refractivity contribution in [3.63, 3.8) is 0 Å². The highest BCUT2D eigenvalue weighted by Crippen LogP contribution is 2.19. The molecule has 0 bridgehead atoms. The van der Waals surface area contributed by atoms with Crippen LogP contribution in [0.4, 0.5) is 5.82 Å². The summed E-state index contributed by atoms with van der Waals surface area (Å²) < 4.78 is 0. The molecule has 0 saturated carbocycles. The highest BCUT2D eigenvalue weighted by molar-refractivity contribution is 5.79. The minimum Gasteiger partial charge on any atom is -0.373 e. The second kappa shape index (κ2) is 7.68. The number of hydrogen-bond acceptors (Lipinski definition) is 5. The Morgan fingerprint density at radius 1 is 1.25 bits per heavy atom. The van der Waals surface area contributed by atoms with Gasteiger partial charge in [0.05, 0.1) is 12.2 Å². The summed E-state index contributed by atoms with van der Waals surface area (Å²) in [6.07, 6.45) is 10.3. The van der Waals surface area contributed by atoms with Crippen molar-refractivity contribution in [2.24, 2.45) is 5.92 Å². The van der Waals surface area contributed by atoms with Crippen molar-refractivity contribution in [1.29, 1.82) is 0 Å². The predicted octanol–water partition coefficient (Wildman–Crippen LogP) is 2.55. The van der Waals surface area contributed by atoms with Crippen LogP contribution in [0.25, 0.3) is 11.4 Å². The molecule has 0 fully saturated rings. The van der Waals surface area contributed by atoms with Gasteiger partial charge in [0.25, 0.3) is 0 Å². The minimum atomic E-state index is 0.0697. The molecule has 2 heterocycles. The van der Waals surface area contributed by atoms with Gasteiger partial charge >= 0.3 is 0 Å². The Balaban J connectivity index is 1.73. The average molecular weight is 323 g/mol. The first kappa shape index (κ1) is 16.1. The summed E-state index contributed by atoms with van der Waals surface area (Å²) in [5.74, 6) is 1.51. The van der Waals surface area contributed by atoms with Crippen LogP contribution in [0.15, 0.2) is 42.7 Å². The first-order valence-corrected chi connectivity index (χ1v) is 8.15. The minimum absolute atomic E-state index is 0.0697. The molecule has 2 N–H and O–H groups in total. The third-order valence-corrected chi connectivity index (χ3v) is 4.06. The molecule has 2 aromatic rings. The fourth-order valence-electron chi connectivity index (χ4n) is 2.70. The van der Waals surface area contributed by atoms with Crippen LogP contribution in [-0.4, -0.2) is 27.9 Å². The van der Waals surface area contributed by atoms with Gasteiger partial charge in [-0.25, -0.2) is 9.97 Å². The molecule has 0 spiro atoms. The van der Waals surface area contributed by atoms with E-state index in [0.29, 0.717) is 12.4 Å². The summed E-state index contributed by atoms with van der Waals surface area (Å²) in [6, 6.07) is 5.59. The molecule has 1 amide bonds. The summed E-state index contributed by atoms with van der Waals surface area (Å²) in [6.45, 7) is 0.397. The zero-order chi connectivity index (χ0) is 16.8. The fourth-order valence-corrected chi connectivity index (χ4v) is 2.70. The number of aromatic nitrogens is 3. The van der Waals surface area contributed by atoms with Crippen molar-refractivity contribution in [1.82, 2.24) is 20.3 Å². The summed E-state index contributed by atoms with van der Waals surface area (Å²) in [4.78, 5) is 25.3. The van der Waals surface area contributed by atoms with E-state index in [0.717, 1.165) is 36.3 Å². The number of carbonyl (C=O) groups is 1. The van der Waals surface area contributed by atoms with E-state index in [1.165, 1.54) is 0 Å².